The Morgan fingerprint density at radius 2 is 1.88 bits per heavy atom. The summed E-state index contributed by atoms with van der Waals surface area (Å²) in [6, 6.07) is 7.35. The van der Waals surface area contributed by atoms with Gasteiger partial charge in [0.05, 0.1) is 18.0 Å². The molecule has 9 heteroatoms. The van der Waals surface area contributed by atoms with E-state index in [9.17, 15) is 4.79 Å². The number of nitrogens with one attached hydrogen (secondary N) is 2. The zero-order valence-electron chi connectivity index (χ0n) is 15.3. The number of benzene rings is 1. The van der Waals surface area contributed by atoms with Crippen molar-refractivity contribution in [1.82, 2.24) is 25.6 Å². The van der Waals surface area contributed by atoms with E-state index in [2.05, 4.69) is 20.8 Å². The molecule has 0 spiro atoms. The van der Waals surface area contributed by atoms with Crippen molar-refractivity contribution < 1.29 is 14.3 Å². The van der Waals surface area contributed by atoms with Gasteiger partial charge in [0.25, 0.3) is 5.91 Å². The van der Waals surface area contributed by atoms with Gasteiger partial charge in [-0.15, -0.1) is 17.5 Å². The van der Waals surface area contributed by atoms with E-state index in [-0.39, 0.29) is 18.3 Å². The molecular weight excluding hydrogens is 358 g/mol. The minimum atomic E-state index is -0.221. The average molecular weight is 384 g/mol. The molecule has 2 rings (SSSR count). The molecule has 1 aromatic carbocycles. The van der Waals surface area contributed by atoms with Crippen LogP contribution in [0.1, 0.15) is 23.1 Å². The van der Waals surface area contributed by atoms with Gasteiger partial charge in [-0.05, 0) is 37.7 Å². The summed E-state index contributed by atoms with van der Waals surface area (Å²) >= 11 is 0. The molecule has 2 N–H and O–H groups in total. The van der Waals surface area contributed by atoms with Crippen LogP contribution in [0.3, 0.4) is 0 Å². The first-order chi connectivity index (χ1) is 12.2. The van der Waals surface area contributed by atoms with E-state index in [1.54, 1.807) is 14.0 Å². The van der Waals surface area contributed by atoms with Crippen molar-refractivity contribution in [2.24, 2.45) is 0 Å². The number of ether oxygens (including phenoxy) is 2. The first kappa shape index (κ1) is 21.9. The van der Waals surface area contributed by atoms with Crippen molar-refractivity contribution in [2.75, 3.05) is 40.0 Å². The van der Waals surface area contributed by atoms with Gasteiger partial charge in [-0.25, -0.2) is 0 Å². The van der Waals surface area contributed by atoms with Gasteiger partial charge in [-0.3, -0.25) is 4.79 Å². The number of halogens is 1. The maximum Gasteiger partial charge on any atom is 0.273 e. The molecular formula is C17H26ClN5O3. The highest BCUT2D eigenvalue weighted by Crippen LogP contribution is 2.15. The smallest absolute Gasteiger partial charge is 0.273 e. The van der Waals surface area contributed by atoms with E-state index >= 15 is 0 Å². The maximum atomic E-state index is 12.2. The van der Waals surface area contributed by atoms with Gasteiger partial charge in [0.2, 0.25) is 0 Å². The Balaban J connectivity index is 0.00000338. The van der Waals surface area contributed by atoms with Crippen molar-refractivity contribution in [3.63, 3.8) is 0 Å². The van der Waals surface area contributed by atoms with E-state index in [0.717, 1.165) is 24.5 Å². The zero-order chi connectivity index (χ0) is 18.1. The van der Waals surface area contributed by atoms with Gasteiger partial charge < -0.3 is 20.1 Å². The van der Waals surface area contributed by atoms with Crippen LogP contribution in [0, 0.1) is 6.92 Å². The lowest BCUT2D eigenvalue weighted by Gasteiger charge is -2.06. The summed E-state index contributed by atoms with van der Waals surface area (Å²) in [6.07, 6.45) is 0. The summed E-state index contributed by atoms with van der Waals surface area (Å²) in [5.41, 5.74) is 1.67. The van der Waals surface area contributed by atoms with Crippen LogP contribution in [0.5, 0.6) is 5.75 Å². The van der Waals surface area contributed by atoms with E-state index in [1.165, 1.54) is 4.80 Å². The first-order valence-electron chi connectivity index (χ1n) is 8.30. The van der Waals surface area contributed by atoms with E-state index < -0.39 is 0 Å². The van der Waals surface area contributed by atoms with Crippen molar-refractivity contribution >= 4 is 18.3 Å². The molecule has 0 unspecified atom stereocenters. The average Bonchev–Trinajstić information content (AvgIpc) is 3.01. The zero-order valence-corrected chi connectivity index (χ0v) is 16.1. The Labute approximate surface area is 159 Å². The number of likely N-dealkylation sites (N-methyl/N-ethyl adjacent to an activating group) is 1. The normalized spacial score (nSPS) is 10.3. The van der Waals surface area contributed by atoms with Crippen LogP contribution in [-0.4, -0.2) is 60.9 Å². The lowest BCUT2D eigenvalue weighted by Crippen LogP contribution is -2.32. The molecule has 1 heterocycles. The molecule has 144 valence electrons. The molecule has 1 amide bonds. The first-order valence-corrected chi connectivity index (χ1v) is 8.30. The summed E-state index contributed by atoms with van der Waals surface area (Å²) in [4.78, 5) is 13.6. The lowest BCUT2D eigenvalue weighted by molar-refractivity contribution is 0.0948. The van der Waals surface area contributed by atoms with Crippen LogP contribution < -0.4 is 15.4 Å². The largest absolute Gasteiger partial charge is 0.491 e. The fourth-order valence-electron chi connectivity index (χ4n) is 2.15. The predicted molar refractivity (Wildman–Crippen MR) is 102 cm³/mol. The standard InChI is InChI=1S/C17H25N5O3.ClH/c1-4-18-9-10-19-17(23)16-13(2)20-22(21-16)14-5-7-15(8-6-14)25-12-11-24-3;/h5-8,18H,4,9-12H2,1-3H3,(H,19,23);1H. The Morgan fingerprint density at radius 1 is 1.15 bits per heavy atom. The van der Waals surface area contributed by atoms with E-state index in [0.29, 0.717) is 31.1 Å². The Bertz CT molecular complexity index is 676. The fraction of sp³-hybridized carbons (Fsp3) is 0.471. The maximum absolute atomic E-state index is 12.2. The highest BCUT2D eigenvalue weighted by atomic mass is 35.5. The summed E-state index contributed by atoms with van der Waals surface area (Å²) in [7, 11) is 1.63. The second-order valence-electron chi connectivity index (χ2n) is 5.37. The molecule has 0 radical (unpaired) electrons. The lowest BCUT2D eigenvalue weighted by atomic mass is 10.3. The third-order valence-electron chi connectivity index (χ3n) is 3.46. The summed E-state index contributed by atoms with van der Waals surface area (Å²) in [6.45, 7) is 6.96. The molecule has 2 aromatic rings. The number of amides is 1. The number of hydrogen-bond acceptors (Lipinski definition) is 6. The van der Waals surface area contributed by atoms with E-state index in [4.69, 9.17) is 9.47 Å². The molecule has 8 nitrogen and oxygen atoms in total. The number of carbonyl (C=O) groups is 1. The van der Waals surface area contributed by atoms with Gasteiger partial charge in [0.1, 0.15) is 12.4 Å². The Kier molecular flexibility index (Phi) is 9.64. The molecule has 1 aromatic heterocycles. The molecule has 0 aliphatic carbocycles. The third kappa shape index (κ3) is 6.29. The molecule has 0 saturated carbocycles. The van der Waals surface area contributed by atoms with Gasteiger partial charge in [-0.2, -0.15) is 9.90 Å². The molecule has 0 bridgehead atoms. The number of methoxy groups -OCH3 is 1. The van der Waals surface area contributed by atoms with Crippen molar-refractivity contribution in [1.29, 1.82) is 0 Å². The van der Waals surface area contributed by atoms with Crippen LogP contribution in [0.4, 0.5) is 0 Å². The predicted octanol–water partition coefficient (Wildman–Crippen LogP) is 1.36. The number of hydrogen-bond donors (Lipinski definition) is 2. The molecule has 0 saturated heterocycles. The van der Waals surface area contributed by atoms with Crippen LogP contribution in [0.15, 0.2) is 24.3 Å². The highest BCUT2D eigenvalue weighted by molar-refractivity contribution is 5.93. The van der Waals surface area contributed by atoms with Crippen molar-refractivity contribution in [3.05, 3.63) is 35.7 Å². The summed E-state index contributed by atoms with van der Waals surface area (Å²) < 4.78 is 10.5. The van der Waals surface area contributed by atoms with Crippen LogP contribution in [0.25, 0.3) is 5.69 Å². The number of aromatic nitrogens is 3. The van der Waals surface area contributed by atoms with Gasteiger partial charge >= 0.3 is 0 Å². The van der Waals surface area contributed by atoms with Crippen LogP contribution >= 0.6 is 12.4 Å². The van der Waals surface area contributed by atoms with Crippen molar-refractivity contribution in [3.8, 4) is 11.4 Å². The number of nitrogens with zero attached hydrogens (tertiary/aromatic N) is 3. The van der Waals surface area contributed by atoms with Gasteiger partial charge in [0.15, 0.2) is 5.69 Å². The number of rotatable bonds is 10. The molecule has 26 heavy (non-hydrogen) atoms. The topological polar surface area (TPSA) is 90.3 Å². The Hall–Kier alpha value is -2.16. The summed E-state index contributed by atoms with van der Waals surface area (Å²) in [5.74, 6) is 0.521. The quantitative estimate of drug-likeness (QED) is 0.602. The number of aryl methyl sites for hydroxylation is 1. The molecule has 0 atom stereocenters. The second kappa shape index (κ2) is 11.5. The molecule has 0 aliphatic rings. The van der Waals surface area contributed by atoms with Crippen LogP contribution in [0.2, 0.25) is 0 Å². The minimum Gasteiger partial charge on any atom is -0.491 e. The molecule has 0 fully saturated rings. The SMILES string of the molecule is CCNCCNC(=O)c1nn(-c2ccc(OCCOC)cc2)nc1C.Cl. The van der Waals surface area contributed by atoms with Gasteiger partial charge in [0, 0.05) is 20.2 Å². The number of carbonyl (C=O) groups excluding carboxylic acids is 1. The third-order valence-corrected chi connectivity index (χ3v) is 3.46. The van der Waals surface area contributed by atoms with Crippen LogP contribution in [-0.2, 0) is 4.74 Å². The Morgan fingerprint density at radius 3 is 2.54 bits per heavy atom. The van der Waals surface area contributed by atoms with Gasteiger partial charge in [-0.1, -0.05) is 6.92 Å². The second-order valence-corrected chi connectivity index (χ2v) is 5.37. The monoisotopic (exact) mass is 383 g/mol. The summed E-state index contributed by atoms with van der Waals surface area (Å²) in [5, 5.41) is 14.6. The molecule has 0 aliphatic heterocycles. The van der Waals surface area contributed by atoms with E-state index in [1.807, 2.05) is 31.2 Å². The highest BCUT2D eigenvalue weighted by Gasteiger charge is 2.15. The minimum absolute atomic E-state index is 0. The fourth-order valence-corrected chi connectivity index (χ4v) is 2.15. The van der Waals surface area contributed by atoms with Crippen molar-refractivity contribution in [2.45, 2.75) is 13.8 Å².